The van der Waals surface area contributed by atoms with E-state index in [1.54, 1.807) is 4.90 Å². The number of hydrogen-bond acceptors (Lipinski definition) is 4. The van der Waals surface area contributed by atoms with E-state index >= 15 is 0 Å². The summed E-state index contributed by atoms with van der Waals surface area (Å²) in [4.78, 5) is 13.5. The van der Waals surface area contributed by atoms with Gasteiger partial charge in [0.05, 0.1) is 5.75 Å². The van der Waals surface area contributed by atoms with Crippen LogP contribution < -0.4 is 0 Å². The Morgan fingerprint density at radius 3 is 2.62 bits per heavy atom. The summed E-state index contributed by atoms with van der Waals surface area (Å²) in [6, 6.07) is 9.40. The molecule has 2 unspecified atom stereocenters. The van der Waals surface area contributed by atoms with Crippen molar-refractivity contribution in [2.75, 3.05) is 18.8 Å². The van der Waals surface area contributed by atoms with E-state index in [0.29, 0.717) is 13.1 Å². The third-order valence-corrected chi connectivity index (χ3v) is 4.85. The lowest BCUT2D eigenvalue weighted by Crippen LogP contribution is -2.30. The Morgan fingerprint density at radius 2 is 2.00 bits per heavy atom. The van der Waals surface area contributed by atoms with Crippen LogP contribution in [0.1, 0.15) is 12.5 Å². The van der Waals surface area contributed by atoms with Gasteiger partial charge >= 0.3 is 6.09 Å². The van der Waals surface area contributed by atoms with Crippen molar-refractivity contribution in [1.82, 2.24) is 4.90 Å². The molecule has 1 aromatic carbocycles. The number of carbonyl (C=O) groups excluding carboxylic acids is 1. The zero-order chi connectivity index (χ0) is 15.5. The maximum atomic E-state index is 12.0. The molecule has 0 aliphatic carbocycles. The van der Waals surface area contributed by atoms with E-state index < -0.39 is 15.1 Å². The van der Waals surface area contributed by atoms with E-state index in [0.717, 1.165) is 5.56 Å². The average Bonchev–Trinajstić information content (AvgIpc) is 2.77. The minimum Gasteiger partial charge on any atom is -0.445 e. The first-order chi connectivity index (χ1) is 9.85. The van der Waals surface area contributed by atoms with Gasteiger partial charge in [0.1, 0.15) is 6.61 Å². The van der Waals surface area contributed by atoms with Crippen LogP contribution in [0.4, 0.5) is 4.79 Å². The quantitative estimate of drug-likeness (QED) is 0.795. The van der Waals surface area contributed by atoms with E-state index in [-0.39, 0.29) is 24.2 Å². The van der Waals surface area contributed by atoms with Gasteiger partial charge in [0.15, 0.2) is 0 Å². The highest BCUT2D eigenvalue weighted by Gasteiger charge is 2.35. The Hall–Kier alpha value is -1.27. The molecule has 1 heterocycles. The fourth-order valence-corrected chi connectivity index (χ4v) is 3.90. The minimum absolute atomic E-state index is 0.0859. The standard InChI is InChI=1S/C14H18ClNO4S/c1-11-7-16(8-13(11)10-21(15,18)19)14(17)20-9-12-5-3-2-4-6-12/h2-6,11,13H,7-10H2,1H3. The van der Waals surface area contributed by atoms with Crippen molar-refractivity contribution in [1.29, 1.82) is 0 Å². The fourth-order valence-electron chi connectivity index (χ4n) is 2.47. The Labute approximate surface area is 129 Å². The van der Waals surface area contributed by atoms with E-state index in [2.05, 4.69) is 0 Å². The van der Waals surface area contributed by atoms with E-state index in [9.17, 15) is 13.2 Å². The molecule has 1 aliphatic rings. The van der Waals surface area contributed by atoms with Crippen LogP contribution in [-0.4, -0.2) is 38.3 Å². The van der Waals surface area contributed by atoms with Gasteiger partial charge in [-0.1, -0.05) is 37.3 Å². The molecule has 0 radical (unpaired) electrons. The van der Waals surface area contributed by atoms with Crippen LogP contribution >= 0.6 is 10.7 Å². The smallest absolute Gasteiger partial charge is 0.410 e. The van der Waals surface area contributed by atoms with Gasteiger partial charge in [-0.2, -0.15) is 0 Å². The summed E-state index contributed by atoms with van der Waals surface area (Å²) in [5.74, 6) is -0.169. The summed E-state index contributed by atoms with van der Waals surface area (Å²) >= 11 is 0. The highest BCUT2D eigenvalue weighted by molar-refractivity contribution is 8.13. The second-order valence-electron chi connectivity index (χ2n) is 5.39. The first-order valence-corrected chi connectivity index (χ1v) is 9.21. The van der Waals surface area contributed by atoms with E-state index in [1.807, 2.05) is 37.3 Å². The Morgan fingerprint density at radius 1 is 1.33 bits per heavy atom. The van der Waals surface area contributed by atoms with Gasteiger partial charge < -0.3 is 9.64 Å². The van der Waals surface area contributed by atoms with Crippen molar-refractivity contribution < 1.29 is 17.9 Å². The summed E-state index contributed by atoms with van der Waals surface area (Å²) in [6.45, 7) is 2.98. The van der Waals surface area contributed by atoms with Gasteiger partial charge in [-0.05, 0) is 17.4 Å². The first-order valence-electron chi connectivity index (χ1n) is 6.73. The lowest BCUT2D eigenvalue weighted by molar-refractivity contribution is 0.103. The SMILES string of the molecule is CC1CN(C(=O)OCc2ccccc2)CC1CS(=O)(=O)Cl. The van der Waals surface area contributed by atoms with Crippen molar-refractivity contribution in [3.63, 3.8) is 0 Å². The lowest BCUT2D eigenvalue weighted by Gasteiger charge is -2.16. The molecule has 7 heteroatoms. The zero-order valence-electron chi connectivity index (χ0n) is 11.7. The number of amides is 1. The van der Waals surface area contributed by atoms with Gasteiger partial charge in [-0.25, -0.2) is 13.2 Å². The lowest BCUT2D eigenvalue weighted by atomic mass is 10.0. The number of halogens is 1. The molecule has 2 atom stereocenters. The normalized spacial score (nSPS) is 22.3. The largest absolute Gasteiger partial charge is 0.445 e. The number of rotatable bonds is 4. The van der Waals surface area contributed by atoms with Crippen LogP contribution in [0.5, 0.6) is 0 Å². The summed E-state index contributed by atoms with van der Waals surface area (Å²) < 4.78 is 27.5. The number of likely N-dealkylation sites (tertiary alicyclic amines) is 1. The summed E-state index contributed by atoms with van der Waals surface area (Å²) in [7, 11) is 1.73. The average molecular weight is 332 g/mol. The predicted octanol–water partition coefficient (Wildman–Crippen LogP) is 2.46. The highest BCUT2D eigenvalue weighted by Crippen LogP contribution is 2.26. The molecule has 1 fully saturated rings. The Bertz CT molecular complexity index is 590. The zero-order valence-corrected chi connectivity index (χ0v) is 13.3. The molecule has 0 spiro atoms. The number of ether oxygens (including phenoxy) is 1. The van der Waals surface area contributed by atoms with E-state index in [1.165, 1.54) is 0 Å². The predicted molar refractivity (Wildman–Crippen MR) is 80.5 cm³/mol. The van der Waals surface area contributed by atoms with Gasteiger partial charge in [0, 0.05) is 23.8 Å². The summed E-state index contributed by atoms with van der Waals surface area (Å²) in [6.07, 6.45) is -0.417. The molecular formula is C14H18ClNO4S. The molecular weight excluding hydrogens is 314 g/mol. The van der Waals surface area contributed by atoms with Crippen LogP contribution in [0.2, 0.25) is 0 Å². The van der Waals surface area contributed by atoms with Crippen LogP contribution in [0.3, 0.4) is 0 Å². The second-order valence-corrected chi connectivity index (χ2v) is 8.21. The highest BCUT2D eigenvalue weighted by atomic mass is 35.7. The maximum Gasteiger partial charge on any atom is 0.410 e. The molecule has 1 saturated heterocycles. The van der Waals surface area contributed by atoms with Crippen molar-refractivity contribution >= 4 is 25.8 Å². The van der Waals surface area contributed by atoms with Crippen LogP contribution in [0.15, 0.2) is 30.3 Å². The van der Waals surface area contributed by atoms with Crippen LogP contribution in [0.25, 0.3) is 0 Å². The number of carbonyl (C=O) groups is 1. The molecule has 0 N–H and O–H groups in total. The maximum absolute atomic E-state index is 12.0. The Balaban J connectivity index is 1.87. The molecule has 2 rings (SSSR count). The van der Waals surface area contributed by atoms with Crippen molar-refractivity contribution in [3.05, 3.63) is 35.9 Å². The molecule has 1 amide bonds. The molecule has 1 aromatic rings. The van der Waals surface area contributed by atoms with E-state index in [4.69, 9.17) is 15.4 Å². The Kier molecular flexibility index (Phi) is 5.11. The molecule has 0 bridgehead atoms. The van der Waals surface area contributed by atoms with Crippen LogP contribution in [-0.2, 0) is 20.4 Å². The van der Waals surface area contributed by atoms with Gasteiger partial charge in [0.2, 0.25) is 9.05 Å². The van der Waals surface area contributed by atoms with Crippen molar-refractivity contribution in [2.24, 2.45) is 11.8 Å². The minimum atomic E-state index is -3.55. The molecule has 1 aliphatic heterocycles. The third-order valence-electron chi connectivity index (χ3n) is 3.64. The molecule has 0 saturated carbocycles. The molecule has 116 valence electrons. The van der Waals surface area contributed by atoms with Gasteiger partial charge in [0.25, 0.3) is 0 Å². The van der Waals surface area contributed by atoms with Gasteiger partial charge in [-0.15, -0.1) is 0 Å². The topological polar surface area (TPSA) is 63.7 Å². The summed E-state index contributed by atoms with van der Waals surface area (Å²) in [5, 5.41) is 0. The molecule has 0 aromatic heterocycles. The van der Waals surface area contributed by atoms with Gasteiger partial charge in [-0.3, -0.25) is 0 Å². The first kappa shape index (κ1) is 16.1. The molecule has 5 nitrogen and oxygen atoms in total. The van der Waals surface area contributed by atoms with Crippen LogP contribution in [0, 0.1) is 11.8 Å². The molecule has 21 heavy (non-hydrogen) atoms. The van der Waals surface area contributed by atoms with Crippen molar-refractivity contribution in [3.8, 4) is 0 Å². The summed E-state index contributed by atoms with van der Waals surface area (Å²) in [5.41, 5.74) is 0.915. The monoisotopic (exact) mass is 331 g/mol. The number of nitrogens with zero attached hydrogens (tertiary/aromatic N) is 1. The fraction of sp³-hybridized carbons (Fsp3) is 0.500. The third kappa shape index (κ3) is 4.89. The second kappa shape index (κ2) is 6.66. The number of hydrogen-bond donors (Lipinski definition) is 0. The van der Waals surface area contributed by atoms with Crippen molar-refractivity contribution in [2.45, 2.75) is 13.5 Å². The number of benzene rings is 1.